The van der Waals surface area contributed by atoms with Crippen molar-refractivity contribution in [3.63, 3.8) is 0 Å². The maximum atomic E-state index is 13.4. The molecule has 86 valence electrons. The monoisotopic (exact) mass is 228 g/mol. The first-order chi connectivity index (χ1) is 7.34. The zero-order valence-electron chi connectivity index (χ0n) is 8.60. The molecule has 0 amide bonds. The van der Waals surface area contributed by atoms with E-state index in [0.29, 0.717) is 6.07 Å². The number of nitro benzene ring substituents is 1. The van der Waals surface area contributed by atoms with E-state index in [1.807, 2.05) is 0 Å². The molecule has 7 heteroatoms. The molecule has 0 heterocycles. The van der Waals surface area contributed by atoms with E-state index in [4.69, 9.17) is 5.11 Å². The molecule has 0 radical (unpaired) electrons. The van der Waals surface area contributed by atoms with E-state index in [9.17, 15) is 19.3 Å². The van der Waals surface area contributed by atoms with Gasteiger partial charge in [0.25, 0.3) is 5.69 Å². The number of anilines is 1. The number of hydrogen-bond acceptors (Lipinski definition) is 4. The Morgan fingerprint density at radius 3 is 2.44 bits per heavy atom. The lowest BCUT2D eigenvalue weighted by Gasteiger charge is -2.13. The minimum absolute atomic E-state index is 0.0111. The number of nitro groups is 1. The van der Waals surface area contributed by atoms with Crippen molar-refractivity contribution in [1.29, 1.82) is 0 Å². The summed E-state index contributed by atoms with van der Waals surface area (Å²) in [5.41, 5.74) is -1.30. The molecule has 0 atom stereocenters. The van der Waals surface area contributed by atoms with Gasteiger partial charge in [0.1, 0.15) is 5.56 Å². The second-order valence-electron chi connectivity index (χ2n) is 3.28. The Morgan fingerprint density at radius 2 is 2.06 bits per heavy atom. The van der Waals surface area contributed by atoms with Crippen LogP contribution in [0.1, 0.15) is 10.4 Å². The number of rotatable bonds is 3. The van der Waals surface area contributed by atoms with Gasteiger partial charge in [0.2, 0.25) is 0 Å². The lowest BCUT2D eigenvalue weighted by molar-refractivity contribution is -0.385. The van der Waals surface area contributed by atoms with Gasteiger partial charge in [-0.25, -0.2) is 9.18 Å². The van der Waals surface area contributed by atoms with Crippen LogP contribution < -0.4 is 4.90 Å². The molecular weight excluding hydrogens is 219 g/mol. The van der Waals surface area contributed by atoms with Crippen LogP contribution in [-0.4, -0.2) is 30.1 Å². The van der Waals surface area contributed by atoms with Crippen molar-refractivity contribution in [3.8, 4) is 0 Å². The number of carboxylic acids is 1. The molecule has 0 saturated carbocycles. The van der Waals surface area contributed by atoms with Gasteiger partial charge in [0.15, 0.2) is 5.82 Å². The zero-order chi connectivity index (χ0) is 12.5. The van der Waals surface area contributed by atoms with Crippen LogP contribution >= 0.6 is 0 Å². The van der Waals surface area contributed by atoms with Gasteiger partial charge in [-0.2, -0.15) is 0 Å². The fourth-order valence-corrected chi connectivity index (χ4v) is 1.22. The molecule has 6 nitrogen and oxygen atoms in total. The number of halogens is 1. The molecule has 1 rings (SSSR count). The molecule has 1 aromatic rings. The number of aromatic carboxylic acids is 1. The third kappa shape index (κ3) is 2.08. The van der Waals surface area contributed by atoms with E-state index in [2.05, 4.69) is 0 Å². The Labute approximate surface area is 90.1 Å². The van der Waals surface area contributed by atoms with E-state index in [1.54, 1.807) is 0 Å². The van der Waals surface area contributed by atoms with E-state index in [-0.39, 0.29) is 5.69 Å². The van der Waals surface area contributed by atoms with Crippen LogP contribution in [-0.2, 0) is 0 Å². The Kier molecular flexibility index (Phi) is 3.07. The number of benzene rings is 1. The fourth-order valence-electron chi connectivity index (χ4n) is 1.22. The van der Waals surface area contributed by atoms with Crippen LogP contribution in [0.4, 0.5) is 15.8 Å². The van der Waals surface area contributed by atoms with Gasteiger partial charge < -0.3 is 10.0 Å². The van der Waals surface area contributed by atoms with Crippen molar-refractivity contribution >= 4 is 17.3 Å². The van der Waals surface area contributed by atoms with E-state index >= 15 is 0 Å². The van der Waals surface area contributed by atoms with Gasteiger partial charge in [0.05, 0.1) is 16.7 Å². The Hall–Kier alpha value is -2.18. The minimum atomic E-state index is -1.46. The molecule has 0 aliphatic carbocycles. The molecule has 0 aromatic heterocycles. The lowest BCUT2D eigenvalue weighted by atomic mass is 10.1. The first-order valence-corrected chi connectivity index (χ1v) is 4.23. The van der Waals surface area contributed by atoms with Crippen LogP contribution in [0.3, 0.4) is 0 Å². The molecule has 0 saturated heterocycles. The van der Waals surface area contributed by atoms with Crippen molar-refractivity contribution in [2.24, 2.45) is 0 Å². The maximum absolute atomic E-state index is 13.4. The Bertz CT molecular complexity index is 459. The van der Waals surface area contributed by atoms with Crippen LogP contribution in [0.5, 0.6) is 0 Å². The van der Waals surface area contributed by atoms with Gasteiger partial charge in [0, 0.05) is 14.1 Å². The summed E-state index contributed by atoms with van der Waals surface area (Å²) in [6, 6.07) is 1.55. The molecule has 1 N–H and O–H groups in total. The predicted molar refractivity (Wildman–Crippen MR) is 54.3 cm³/mol. The highest BCUT2D eigenvalue weighted by Crippen LogP contribution is 2.27. The van der Waals surface area contributed by atoms with Crippen molar-refractivity contribution in [2.75, 3.05) is 19.0 Å². The summed E-state index contributed by atoms with van der Waals surface area (Å²) in [7, 11) is 3.02. The van der Waals surface area contributed by atoms with E-state index < -0.39 is 28.0 Å². The van der Waals surface area contributed by atoms with Crippen molar-refractivity contribution in [3.05, 3.63) is 33.6 Å². The smallest absolute Gasteiger partial charge is 0.342 e. The zero-order valence-corrected chi connectivity index (χ0v) is 8.60. The van der Waals surface area contributed by atoms with Crippen LogP contribution in [0, 0.1) is 15.9 Å². The number of carboxylic acid groups (broad SMARTS) is 1. The number of nitrogens with zero attached hydrogens (tertiary/aromatic N) is 2. The van der Waals surface area contributed by atoms with E-state index in [0.717, 1.165) is 6.07 Å². The molecule has 0 bridgehead atoms. The second-order valence-corrected chi connectivity index (χ2v) is 3.28. The summed E-state index contributed by atoms with van der Waals surface area (Å²) in [6.45, 7) is 0. The third-order valence-electron chi connectivity index (χ3n) is 1.97. The Morgan fingerprint density at radius 1 is 1.50 bits per heavy atom. The van der Waals surface area contributed by atoms with Crippen LogP contribution in [0.2, 0.25) is 0 Å². The first-order valence-electron chi connectivity index (χ1n) is 4.23. The summed E-state index contributed by atoms with van der Waals surface area (Å²) < 4.78 is 13.4. The van der Waals surface area contributed by atoms with Gasteiger partial charge in [-0.15, -0.1) is 0 Å². The number of hydrogen-bond donors (Lipinski definition) is 1. The van der Waals surface area contributed by atoms with Crippen molar-refractivity contribution in [1.82, 2.24) is 0 Å². The maximum Gasteiger partial charge on any atom is 0.342 e. The molecule has 0 spiro atoms. The largest absolute Gasteiger partial charge is 0.477 e. The minimum Gasteiger partial charge on any atom is -0.477 e. The summed E-state index contributed by atoms with van der Waals surface area (Å²) in [5, 5.41) is 19.3. The van der Waals surface area contributed by atoms with Gasteiger partial charge in [-0.05, 0) is 6.07 Å². The first kappa shape index (κ1) is 11.9. The fraction of sp³-hybridized carbons (Fsp3) is 0.222. The average molecular weight is 228 g/mol. The normalized spacial score (nSPS) is 9.94. The highest BCUT2D eigenvalue weighted by atomic mass is 19.1. The molecular formula is C9H9FN2O4. The highest BCUT2D eigenvalue weighted by Gasteiger charge is 2.23. The van der Waals surface area contributed by atoms with Crippen LogP contribution in [0.15, 0.2) is 12.1 Å². The highest BCUT2D eigenvalue weighted by molar-refractivity contribution is 5.93. The molecule has 0 aliphatic heterocycles. The van der Waals surface area contributed by atoms with Crippen molar-refractivity contribution in [2.45, 2.75) is 0 Å². The molecule has 0 fully saturated rings. The average Bonchev–Trinajstić information content (AvgIpc) is 2.15. The summed E-state index contributed by atoms with van der Waals surface area (Å²) in [5.74, 6) is -2.29. The lowest BCUT2D eigenvalue weighted by Crippen LogP contribution is -2.13. The molecule has 16 heavy (non-hydrogen) atoms. The van der Waals surface area contributed by atoms with Gasteiger partial charge in [-0.1, -0.05) is 0 Å². The molecule has 1 aromatic carbocycles. The standard InChI is InChI=1S/C9H9FN2O4/c1-11(2)8-3-5(9(13)14)7(12(15)16)4-6(8)10/h3-4H,1-2H3,(H,13,14). The SMILES string of the molecule is CN(C)c1cc(C(=O)O)c([N+](=O)[O-])cc1F. The quantitative estimate of drug-likeness (QED) is 0.626. The third-order valence-corrected chi connectivity index (χ3v) is 1.97. The predicted octanol–water partition coefficient (Wildman–Crippen LogP) is 1.50. The molecule has 0 unspecified atom stereocenters. The molecule has 0 aliphatic rings. The van der Waals surface area contributed by atoms with Crippen molar-refractivity contribution < 1.29 is 19.2 Å². The van der Waals surface area contributed by atoms with Gasteiger partial charge >= 0.3 is 5.97 Å². The topological polar surface area (TPSA) is 83.7 Å². The van der Waals surface area contributed by atoms with E-state index in [1.165, 1.54) is 19.0 Å². The summed E-state index contributed by atoms with van der Waals surface area (Å²) >= 11 is 0. The number of carbonyl (C=O) groups is 1. The van der Waals surface area contributed by atoms with Crippen LogP contribution in [0.25, 0.3) is 0 Å². The second kappa shape index (κ2) is 4.13. The Balaban J connectivity index is 3.49. The summed E-state index contributed by atoms with van der Waals surface area (Å²) in [6.07, 6.45) is 0. The summed E-state index contributed by atoms with van der Waals surface area (Å²) in [4.78, 5) is 21.7. The van der Waals surface area contributed by atoms with Gasteiger partial charge in [-0.3, -0.25) is 10.1 Å².